The van der Waals surface area contributed by atoms with Crippen LogP contribution in [0.4, 0.5) is 21.6 Å². The number of nitrogens with zero attached hydrogens (tertiary/aromatic N) is 6. The van der Waals surface area contributed by atoms with E-state index in [-0.39, 0.29) is 23.6 Å². The molecule has 0 bridgehead atoms. The van der Waals surface area contributed by atoms with Gasteiger partial charge in [-0.1, -0.05) is 0 Å². The van der Waals surface area contributed by atoms with Gasteiger partial charge in [0.1, 0.15) is 6.07 Å². The first-order chi connectivity index (χ1) is 15.0. The highest BCUT2D eigenvalue weighted by atomic mass is 19.1. The molecule has 0 aromatic carbocycles. The first-order valence-electron chi connectivity index (χ1n) is 9.62. The van der Waals surface area contributed by atoms with Crippen LogP contribution in [0.15, 0.2) is 30.6 Å². The van der Waals surface area contributed by atoms with Crippen LogP contribution in [0.3, 0.4) is 0 Å². The van der Waals surface area contributed by atoms with E-state index in [2.05, 4.69) is 25.5 Å². The molecule has 0 unspecified atom stereocenters. The van der Waals surface area contributed by atoms with E-state index in [1.807, 2.05) is 6.07 Å². The van der Waals surface area contributed by atoms with E-state index in [0.29, 0.717) is 28.2 Å². The molecule has 0 saturated carbocycles. The molecule has 0 atom stereocenters. The van der Waals surface area contributed by atoms with E-state index in [4.69, 9.17) is 36.6 Å². The molecule has 8 radical (unpaired) electrons. The van der Waals surface area contributed by atoms with Gasteiger partial charge in [-0.15, -0.1) is 10.2 Å². The standard InChI is InChI=1S/C20H14B4FN7/c1-10-3-12(7-26)30-31-18(10)32-19(21,22)6-17-14(20(32,23)24)5-13(8-28-17)29-16-4-11(2)27-9-15(16)25/h3-5,8-9H,6H2,1-2H3,(H,27,29). The first kappa shape index (κ1) is 21.9. The fourth-order valence-electron chi connectivity index (χ4n) is 3.78. The SMILES string of the molecule is [B]C1([B])Cc2ncc(Nc3cc(C)ncc3F)cc2C([B])([B])N1c1nnc(C#N)cc1C. The zero-order chi connectivity index (χ0) is 23.3. The molecule has 4 heterocycles. The molecule has 0 aliphatic carbocycles. The molecular weight excluding hydrogens is 401 g/mol. The third-order valence-corrected chi connectivity index (χ3v) is 5.19. The minimum atomic E-state index is -1.73. The van der Waals surface area contributed by atoms with Crippen LogP contribution in [-0.4, -0.2) is 56.9 Å². The van der Waals surface area contributed by atoms with Crippen molar-refractivity contribution in [2.75, 3.05) is 10.2 Å². The van der Waals surface area contributed by atoms with Crippen molar-refractivity contribution in [1.82, 2.24) is 20.2 Å². The van der Waals surface area contributed by atoms with E-state index in [1.165, 1.54) is 17.2 Å². The number of halogens is 1. The van der Waals surface area contributed by atoms with Gasteiger partial charge in [-0.25, -0.2) is 4.39 Å². The number of hydrogen-bond acceptors (Lipinski definition) is 7. The lowest BCUT2D eigenvalue weighted by Crippen LogP contribution is -2.66. The second-order valence-corrected chi connectivity index (χ2v) is 7.83. The maximum Gasteiger partial charge on any atom is 0.164 e. The molecular formula is C20H14B4FN7. The number of nitrogens with one attached hydrogen (secondary N) is 1. The van der Waals surface area contributed by atoms with Crippen molar-refractivity contribution in [2.24, 2.45) is 0 Å². The summed E-state index contributed by atoms with van der Waals surface area (Å²) in [5.41, 5.74) is 2.94. The lowest BCUT2D eigenvalue weighted by atomic mass is 9.46. The largest absolute Gasteiger partial charge is 0.374 e. The van der Waals surface area contributed by atoms with E-state index < -0.39 is 16.5 Å². The van der Waals surface area contributed by atoms with Crippen molar-refractivity contribution in [3.05, 3.63) is 64.6 Å². The summed E-state index contributed by atoms with van der Waals surface area (Å²) in [5, 5.41) is 16.7. The van der Waals surface area contributed by atoms with Crippen molar-refractivity contribution in [3.8, 4) is 6.07 Å². The molecule has 1 aliphatic heterocycles. The number of hydrogen-bond donors (Lipinski definition) is 1. The van der Waals surface area contributed by atoms with Crippen LogP contribution in [0.1, 0.15) is 28.2 Å². The molecule has 32 heavy (non-hydrogen) atoms. The molecule has 4 rings (SSSR count). The van der Waals surface area contributed by atoms with Crippen LogP contribution in [0.5, 0.6) is 0 Å². The number of nitriles is 1. The molecule has 0 saturated heterocycles. The Hall–Kier alpha value is -3.34. The summed E-state index contributed by atoms with van der Waals surface area (Å²) in [6.07, 6.45) is 2.75. The maximum absolute atomic E-state index is 14.2. The topological polar surface area (TPSA) is 90.6 Å². The highest BCUT2D eigenvalue weighted by Gasteiger charge is 2.45. The monoisotopic (exact) mass is 415 g/mol. The zero-order valence-electron chi connectivity index (χ0n) is 17.5. The first-order valence-corrected chi connectivity index (χ1v) is 9.62. The maximum atomic E-state index is 14.2. The van der Waals surface area contributed by atoms with Gasteiger partial charge in [-0.05, 0) is 60.3 Å². The fraction of sp³-hybridized carbons (Fsp3) is 0.250. The van der Waals surface area contributed by atoms with Gasteiger partial charge in [0.05, 0.1) is 55.2 Å². The Labute approximate surface area is 190 Å². The van der Waals surface area contributed by atoms with Crippen molar-refractivity contribution >= 4 is 48.6 Å². The normalized spacial score (nSPS) is 16.1. The zero-order valence-corrected chi connectivity index (χ0v) is 17.5. The second-order valence-electron chi connectivity index (χ2n) is 7.83. The molecule has 0 fully saturated rings. The molecule has 12 heteroatoms. The quantitative estimate of drug-likeness (QED) is 0.643. The van der Waals surface area contributed by atoms with E-state index in [0.717, 1.165) is 6.20 Å². The predicted molar refractivity (Wildman–Crippen MR) is 122 cm³/mol. The van der Waals surface area contributed by atoms with Gasteiger partial charge < -0.3 is 10.2 Å². The molecule has 0 amide bonds. The number of anilines is 3. The average Bonchev–Trinajstić information content (AvgIpc) is 2.71. The summed E-state index contributed by atoms with van der Waals surface area (Å²) in [4.78, 5) is 9.68. The predicted octanol–water partition coefficient (Wildman–Crippen LogP) is 1.14. The number of fused-ring (bicyclic) bond motifs is 1. The van der Waals surface area contributed by atoms with E-state index in [9.17, 15) is 4.39 Å². The number of rotatable bonds is 3. The van der Waals surface area contributed by atoms with E-state index >= 15 is 0 Å². The lowest BCUT2D eigenvalue weighted by Gasteiger charge is -2.56. The van der Waals surface area contributed by atoms with Crippen molar-refractivity contribution in [2.45, 2.75) is 30.9 Å². The number of aryl methyl sites for hydroxylation is 2. The molecule has 3 aromatic rings. The fourth-order valence-corrected chi connectivity index (χ4v) is 3.78. The van der Waals surface area contributed by atoms with Crippen LogP contribution in [0.2, 0.25) is 0 Å². The van der Waals surface area contributed by atoms with Crippen LogP contribution < -0.4 is 10.2 Å². The smallest absolute Gasteiger partial charge is 0.164 e. The highest BCUT2D eigenvalue weighted by Crippen LogP contribution is 2.41. The second kappa shape index (κ2) is 7.66. The number of pyridine rings is 2. The van der Waals surface area contributed by atoms with Crippen LogP contribution in [-0.2, 0) is 11.8 Å². The van der Waals surface area contributed by atoms with E-state index in [1.54, 1.807) is 26.0 Å². The van der Waals surface area contributed by atoms with Gasteiger partial charge in [0.2, 0.25) is 0 Å². The van der Waals surface area contributed by atoms with Crippen molar-refractivity contribution < 1.29 is 4.39 Å². The van der Waals surface area contributed by atoms with Gasteiger partial charge in [-0.3, -0.25) is 9.97 Å². The Bertz CT molecular complexity index is 1260. The average molecular weight is 415 g/mol. The summed E-state index contributed by atoms with van der Waals surface area (Å²) in [6.45, 7) is 3.47. The third-order valence-electron chi connectivity index (χ3n) is 5.19. The summed E-state index contributed by atoms with van der Waals surface area (Å²) in [6, 6.07) is 6.69. The Morgan fingerprint density at radius 1 is 1.09 bits per heavy atom. The van der Waals surface area contributed by atoms with Crippen LogP contribution in [0.25, 0.3) is 0 Å². The van der Waals surface area contributed by atoms with Gasteiger partial charge in [-0.2, -0.15) is 5.26 Å². The Balaban J connectivity index is 1.79. The van der Waals surface area contributed by atoms with Crippen LogP contribution >= 0.6 is 0 Å². The van der Waals surface area contributed by atoms with Gasteiger partial charge in [0.15, 0.2) is 17.3 Å². The summed E-state index contributed by atoms with van der Waals surface area (Å²) < 4.78 is 14.2. The minimum absolute atomic E-state index is 0.0998. The van der Waals surface area contributed by atoms with Gasteiger partial charge in [0, 0.05) is 11.4 Å². The molecule has 3 aromatic heterocycles. The molecule has 1 aliphatic rings. The van der Waals surface area contributed by atoms with Crippen molar-refractivity contribution in [3.63, 3.8) is 0 Å². The molecule has 1 N–H and O–H groups in total. The minimum Gasteiger partial charge on any atom is -0.374 e. The van der Waals surface area contributed by atoms with Crippen molar-refractivity contribution in [1.29, 1.82) is 5.26 Å². The van der Waals surface area contributed by atoms with Crippen LogP contribution in [0, 0.1) is 31.0 Å². The highest BCUT2D eigenvalue weighted by molar-refractivity contribution is 6.48. The Kier molecular flexibility index (Phi) is 5.24. The summed E-state index contributed by atoms with van der Waals surface area (Å²) >= 11 is 0. The number of aromatic nitrogens is 4. The Morgan fingerprint density at radius 3 is 2.53 bits per heavy atom. The Morgan fingerprint density at radius 2 is 1.84 bits per heavy atom. The lowest BCUT2D eigenvalue weighted by molar-refractivity contribution is 0.558. The molecule has 148 valence electrons. The van der Waals surface area contributed by atoms with Gasteiger partial charge >= 0.3 is 0 Å². The van der Waals surface area contributed by atoms with Gasteiger partial charge in [0.25, 0.3) is 0 Å². The molecule has 0 spiro atoms. The molecule has 7 nitrogen and oxygen atoms in total. The summed E-state index contributed by atoms with van der Waals surface area (Å²) in [5.74, 6) is -0.285. The third kappa shape index (κ3) is 3.72. The summed E-state index contributed by atoms with van der Waals surface area (Å²) in [7, 11) is 25.9.